The van der Waals surface area contributed by atoms with Crippen molar-refractivity contribution in [2.75, 3.05) is 23.3 Å². The van der Waals surface area contributed by atoms with E-state index in [0.29, 0.717) is 22.9 Å². The molecule has 0 radical (unpaired) electrons. The van der Waals surface area contributed by atoms with E-state index in [0.717, 1.165) is 37.1 Å². The molecule has 0 saturated carbocycles. The lowest BCUT2D eigenvalue weighted by molar-refractivity contribution is -0.384. The Morgan fingerprint density at radius 1 is 1.18 bits per heavy atom. The zero-order valence-corrected chi connectivity index (χ0v) is 19.4. The monoisotopic (exact) mass is 480 g/mol. The second-order valence-electron chi connectivity index (χ2n) is 8.02. The Hall–Kier alpha value is -3.76. The summed E-state index contributed by atoms with van der Waals surface area (Å²) in [5, 5.41) is 26.4. The van der Waals surface area contributed by atoms with Crippen molar-refractivity contribution in [3.05, 3.63) is 75.5 Å². The summed E-state index contributed by atoms with van der Waals surface area (Å²) in [6.45, 7) is 3.27. The summed E-state index contributed by atoms with van der Waals surface area (Å²) in [4.78, 5) is 25.8. The van der Waals surface area contributed by atoms with Gasteiger partial charge in [0.05, 0.1) is 4.92 Å². The van der Waals surface area contributed by atoms with E-state index >= 15 is 0 Å². The highest BCUT2D eigenvalue weighted by Gasteiger charge is 2.24. The number of amides is 1. The number of aryl methyl sites for hydroxylation is 1. The van der Waals surface area contributed by atoms with Crippen LogP contribution in [0.5, 0.6) is 0 Å². The van der Waals surface area contributed by atoms with Crippen molar-refractivity contribution in [1.82, 2.24) is 5.32 Å². The molecule has 0 spiro atoms. The predicted octanol–water partition coefficient (Wildman–Crippen LogP) is 4.38. The Labute approximate surface area is 201 Å². The second-order valence-corrected chi connectivity index (χ2v) is 8.43. The van der Waals surface area contributed by atoms with E-state index in [2.05, 4.69) is 10.6 Å². The van der Waals surface area contributed by atoms with Crippen LogP contribution in [-0.4, -0.2) is 34.1 Å². The van der Waals surface area contributed by atoms with Crippen molar-refractivity contribution < 1.29 is 19.2 Å². The molecule has 1 amide bonds. The minimum atomic E-state index is -0.533. The molecule has 1 saturated heterocycles. The van der Waals surface area contributed by atoms with Gasteiger partial charge in [-0.2, -0.15) is 0 Å². The number of rotatable bonds is 6. The Balaban J connectivity index is 1.43. The maximum Gasteiger partial charge on any atom is 0.293 e. The Morgan fingerprint density at radius 3 is 2.59 bits per heavy atom. The first-order chi connectivity index (χ1) is 16.4. The molecule has 1 fully saturated rings. The molecule has 9 nitrogen and oxygen atoms in total. The molecule has 1 aromatic heterocycles. The molecule has 34 heavy (non-hydrogen) atoms. The summed E-state index contributed by atoms with van der Waals surface area (Å²) in [5.41, 5.74) is 3.02. The lowest BCUT2D eigenvalue weighted by atomic mass is 10.1. The lowest BCUT2D eigenvalue weighted by Crippen LogP contribution is -2.34. The Bertz CT molecular complexity index is 1250. The fraction of sp³-hybridized carbons (Fsp3) is 0.250. The quantitative estimate of drug-likeness (QED) is 0.270. The lowest BCUT2D eigenvalue weighted by Gasteiger charge is -2.18. The molecule has 1 aliphatic rings. The molecule has 10 heteroatoms. The molecular weight excluding hydrogens is 456 g/mol. The molecule has 0 atom stereocenters. The van der Waals surface area contributed by atoms with Crippen molar-refractivity contribution in [3.63, 3.8) is 0 Å². The number of hydrogen-bond donors (Lipinski definition) is 3. The first kappa shape index (κ1) is 23.4. The van der Waals surface area contributed by atoms with Gasteiger partial charge in [0.1, 0.15) is 23.8 Å². The zero-order chi connectivity index (χ0) is 24.2. The largest absolute Gasteiger partial charge is 0.459 e. The standard InChI is InChI=1S/C24H24N4O5S/c1-15-12-17(5-7-19(15)22-9-6-18(14-29)33-22)25-24(34)26-23(30)16-4-8-20(21(13-16)28(31)32)27-10-2-3-11-27/h4-9,12-13,29H,2-3,10-11,14H2,1H3,(H2,25,26,30,34). The van der Waals surface area contributed by atoms with Crippen LogP contribution in [0.25, 0.3) is 11.3 Å². The maximum absolute atomic E-state index is 12.7. The highest BCUT2D eigenvalue weighted by molar-refractivity contribution is 7.80. The molecule has 2 aromatic carbocycles. The van der Waals surface area contributed by atoms with Gasteiger partial charge < -0.3 is 19.7 Å². The van der Waals surface area contributed by atoms with E-state index in [-0.39, 0.29) is 23.0 Å². The van der Waals surface area contributed by atoms with Gasteiger partial charge in [0, 0.05) is 36.0 Å². The number of carbonyl (C=O) groups excluding carboxylic acids is 1. The second kappa shape index (κ2) is 10.0. The van der Waals surface area contributed by atoms with Crippen LogP contribution in [0.4, 0.5) is 17.1 Å². The molecule has 0 unspecified atom stereocenters. The predicted molar refractivity (Wildman–Crippen MR) is 133 cm³/mol. The van der Waals surface area contributed by atoms with Crippen molar-refractivity contribution >= 4 is 40.3 Å². The average molecular weight is 481 g/mol. The summed E-state index contributed by atoms with van der Waals surface area (Å²) >= 11 is 5.27. The molecule has 176 valence electrons. The number of benzene rings is 2. The number of nitrogens with zero attached hydrogens (tertiary/aromatic N) is 2. The van der Waals surface area contributed by atoms with Gasteiger partial charge in [-0.3, -0.25) is 20.2 Å². The van der Waals surface area contributed by atoms with Crippen LogP contribution >= 0.6 is 12.2 Å². The molecule has 1 aliphatic heterocycles. The van der Waals surface area contributed by atoms with Crippen LogP contribution in [-0.2, 0) is 6.61 Å². The van der Waals surface area contributed by atoms with Crippen LogP contribution in [0.2, 0.25) is 0 Å². The van der Waals surface area contributed by atoms with E-state index in [9.17, 15) is 20.0 Å². The fourth-order valence-corrected chi connectivity index (χ4v) is 4.21. The van der Waals surface area contributed by atoms with E-state index in [1.54, 1.807) is 30.3 Å². The van der Waals surface area contributed by atoms with E-state index < -0.39 is 10.8 Å². The number of aliphatic hydroxyl groups excluding tert-OH is 1. The van der Waals surface area contributed by atoms with Gasteiger partial charge in [-0.05, 0) is 80.0 Å². The third-order valence-electron chi connectivity index (χ3n) is 5.68. The minimum Gasteiger partial charge on any atom is -0.459 e. The van der Waals surface area contributed by atoms with Crippen LogP contribution in [0.1, 0.15) is 34.5 Å². The number of nitro groups is 1. The molecule has 2 heterocycles. The van der Waals surface area contributed by atoms with Crippen LogP contribution < -0.4 is 15.5 Å². The van der Waals surface area contributed by atoms with Gasteiger partial charge in [0.2, 0.25) is 0 Å². The number of nitrogens with one attached hydrogen (secondary N) is 2. The van der Waals surface area contributed by atoms with Gasteiger partial charge >= 0.3 is 0 Å². The number of aliphatic hydroxyl groups is 1. The smallest absolute Gasteiger partial charge is 0.293 e. The molecule has 0 bridgehead atoms. The summed E-state index contributed by atoms with van der Waals surface area (Å²) < 4.78 is 5.59. The maximum atomic E-state index is 12.7. The number of nitro benzene ring substituents is 1. The zero-order valence-electron chi connectivity index (χ0n) is 18.5. The van der Waals surface area contributed by atoms with Gasteiger partial charge in [-0.15, -0.1) is 0 Å². The van der Waals surface area contributed by atoms with E-state index in [1.165, 1.54) is 6.07 Å². The SMILES string of the molecule is Cc1cc(NC(=S)NC(=O)c2ccc(N3CCCC3)c([N+](=O)[O-])c2)ccc1-c1ccc(CO)o1. The molecule has 4 rings (SSSR count). The number of carbonyl (C=O) groups is 1. The fourth-order valence-electron chi connectivity index (χ4n) is 4.00. The van der Waals surface area contributed by atoms with E-state index in [4.69, 9.17) is 16.6 Å². The Kier molecular flexibility index (Phi) is 6.90. The number of anilines is 2. The molecule has 3 N–H and O–H groups in total. The summed E-state index contributed by atoms with van der Waals surface area (Å²) in [5.74, 6) is 0.589. The average Bonchev–Trinajstić information content (AvgIpc) is 3.51. The Morgan fingerprint density at radius 2 is 1.94 bits per heavy atom. The number of hydrogen-bond acceptors (Lipinski definition) is 7. The third kappa shape index (κ3) is 5.08. The third-order valence-corrected chi connectivity index (χ3v) is 5.88. The van der Waals surface area contributed by atoms with Gasteiger partial charge in [-0.25, -0.2) is 0 Å². The summed E-state index contributed by atoms with van der Waals surface area (Å²) in [6, 6.07) is 13.5. The molecule has 3 aromatic rings. The number of thiocarbonyl (C=S) groups is 1. The van der Waals surface area contributed by atoms with Crippen molar-refractivity contribution in [1.29, 1.82) is 0 Å². The van der Waals surface area contributed by atoms with Crippen molar-refractivity contribution in [2.24, 2.45) is 0 Å². The number of furan rings is 1. The van der Waals surface area contributed by atoms with Crippen molar-refractivity contribution in [2.45, 2.75) is 26.4 Å². The van der Waals surface area contributed by atoms with Crippen LogP contribution in [0.3, 0.4) is 0 Å². The van der Waals surface area contributed by atoms with Crippen LogP contribution in [0, 0.1) is 17.0 Å². The van der Waals surface area contributed by atoms with E-state index in [1.807, 2.05) is 24.0 Å². The van der Waals surface area contributed by atoms with Crippen LogP contribution in [0.15, 0.2) is 52.9 Å². The first-order valence-electron chi connectivity index (χ1n) is 10.8. The molecular formula is C24H24N4O5S. The highest BCUT2D eigenvalue weighted by Crippen LogP contribution is 2.32. The van der Waals surface area contributed by atoms with Gasteiger partial charge in [-0.1, -0.05) is 0 Å². The normalized spacial score (nSPS) is 13.1. The summed E-state index contributed by atoms with van der Waals surface area (Å²) in [6.07, 6.45) is 1.98. The van der Waals surface area contributed by atoms with Gasteiger partial charge in [0.15, 0.2) is 5.11 Å². The van der Waals surface area contributed by atoms with Crippen molar-refractivity contribution in [3.8, 4) is 11.3 Å². The molecule has 0 aliphatic carbocycles. The first-order valence-corrected chi connectivity index (χ1v) is 11.2. The van der Waals surface area contributed by atoms with Gasteiger partial charge in [0.25, 0.3) is 11.6 Å². The minimum absolute atomic E-state index is 0.0731. The topological polar surface area (TPSA) is 121 Å². The summed E-state index contributed by atoms with van der Waals surface area (Å²) in [7, 11) is 0. The highest BCUT2D eigenvalue weighted by atomic mass is 32.1.